The van der Waals surface area contributed by atoms with Crippen LogP contribution in [-0.4, -0.2) is 18.1 Å². The number of nitrogens with zero attached hydrogens (tertiary/aromatic N) is 1. The monoisotopic (exact) mass is 245 g/mol. The Morgan fingerprint density at radius 1 is 1.28 bits per heavy atom. The summed E-state index contributed by atoms with van der Waals surface area (Å²) in [5, 5.41) is 11.3. The second-order valence-corrected chi connectivity index (χ2v) is 4.99. The molecule has 4 atom stereocenters. The molecule has 4 unspecified atom stereocenters. The summed E-state index contributed by atoms with van der Waals surface area (Å²) in [7, 11) is 1.61. The zero-order valence-electron chi connectivity index (χ0n) is 10.2. The van der Waals surface area contributed by atoms with Crippen LogP contribution in [-0.2, 0) is 0 Å². The molecule has 0 spiro atoms. The van der Waals surface area contributed by atoms with Crippen LogP contribution in [0.3, 0.4) is 0 Å². The molecule has 18 heavy (non-hydrogen) atoms. The lowest BCUT2D eigenvalue weighted by Gasteiger charge is -2.23. The average Bonchev–Trinajstić information content (AvgIpc) is 2.98. The summed E-state index contributed by atoms with van der Waals surface area (Å²) in [4.78, 5) is 11.2. The second kappa shape index (κ2) is 4.12. The van der Waals surface area contributed by atoms with Gasteiger partial charge in [-0.1, -0.05) is 30.4 Å². The molecular formula is C14H15NO3. The molecule has 0 aromatic heterocycles. The largest absolute Gasteiger partial charge is 0.496 e. The molecule has 3 rings (SSSR count). The lowest BCUT2D eigenvalue weighted by atomic mass is 9.83. The summed E-state index contributed by atoms with van der Waals surface area (Å²) >= 11 is 0. The minimum Gasteiger partial charge on any atom is -0.496 e. The molecule has 0 aliphatic heterocycles. The standard InChI is InChI=1S/C14H15NO3/c1-18-12-5-3-2-4-11(12)13-9-6-7-10(8-9)14(13)15(16)17/h2-7,9-10,13-14H,8H2,1H3. The van der Waals surface area contributed by atoms with Gasteiger partial charge >= 0.3 is 0 Å². The molecule has 0 amide bonds. The van der Waals surface area contributed by atoms with Crippen molar-refractivity contribution in [2.24, 2.45) is 11.8 Å². The van der Waals surface area contributed by atoms with E-state index in [-0.39, 0.29) is 22.7 Å². The van der Waals surface area contributed by atoms with Crippen molar-refractivity contribution < 1.29 is 9.66 Å². The van der Waals surface area contributed by atoms with E-state index in [4.69, 9.17) is 4.74 Å². The molecule has 4 nitrogen and oxygen atoms in total. The predicted molar refractivity (Wildman–Crippen MR) is 67.3 cm³/mol. The van der Waals surface area contributed by atoms with E-state index in [0.717, 1.165) is 17.7 Å². The summed E-state index contributed by atoms with van der Waals surface area (Å²) in [6.07, 6.45) is 5.03. The predicted octanol–water partition coefficient (Wildman–Crippen LogP) is 2.63. The fourth-order valence-electron chi connectivity index (χ4n) is 3.44. The minimum absolute atomic E-state index is 0.0499. The number of nitro groups is 1. The average molecular weight is 245 g/mol. The number of rotatable bonds is 3. The van der Waals surface area contributed by atoms with Crippen molar-refractivity contribution in [3.8, 4) is 5.75 Å². The molecule has 0 N–H and O–H groups in total. The first kappa shape index (κ1) is 11.3. The SMILES string of the molecule is COc1ccccc1C1C2C=CC(C2)C1[N+](=O)[O-]. The lowest BCUT2D eigenvalue weighted by Crippen LogP contribution is -2.31. The third-order valence-corrected chi connectivity index (χ3v) is 4.16. The number of hydrogen-bond donors (Lipinski definition) is 0. The Morgan fingerprint density at radius 2 is 2.00 bits per heavy atom. The number of fused-ring (bicyclic) bond motifs is 2. The van der Waals surface area contributed by atoms with Gasteiger partial charge in [0.2, 0.25) is 6.04 Å². The van der Waals surface area contributed by atoms with Gasteiger partial charge in [-0.15, -0.1) is 0 Å². The van der Waals surface area contributed by atoms with Gasteiger partial charge in [-0.3, -0.25) is 10.1 Å². The Balaban J connectivity index is 2.05. The number of allylic oxidation sites excluding steroid dienone is 1. The zero-order valence-corrected chi connectivity index (χ0v) is 10.2. The number of methoxy groups -OCH3 is 1. The van der Waals surface area contributed by atoms with E-state index in [1.54, 1.807) is 7.11 Å². The van der Waals surface area contributed by atoms with Crippen molar-refractivity contribution >= 4 is 0 Å². The quantitative estimate of drug-likeness (QED) is 0.467. The summed E-state index contributed by atoms with van der Waals surface area (Å²) in [6, 6.07) is 7.14. The smallest absolute Gasteiger partial charge is 0.226 e. The van der Waals surface area contributed by atoms with E-state index in [1.165, 1.54) is 0 Å². The molecule has 2 bridgehead atoms. The first-order valence-corrected chi connectivity index (χ1v) is 6.17. The number of ether oxygens (including phenoxy) is 1. The molecular weight excluding hydrogens is 230 g/mol. The number of benzene rings is 1. The maximum Gasteiger partial charge on any atom is 0.226 e. The van der Waals surface area contributed by atoms with Crippen molar-refractivity contribution in [1.29, 1.82) is 0 Å². The molecule has 4 heteroatoms. The number of hydrogen-bond acceptors (Lipinski definition) is 3. The third kappa shape index (κ3) is 1.52. The van der Waals surface area contributed by atoms with Gasteiger partial charge in [0.15, 0.2) is 0 Å². The van der Waals surface area contributed by atoms with Crippen LogP contribution in [0.2, 0.25) is 0 Å². The Labute approximate surface area is 105 Å². The van der Waals surface area contributed by atoms with Crippen LogP contribution in [0.5, 0.6) is 5.75 Å². The topological polar surface area (TPSA) is 52.4 Å². The molecule has 0 heterocycles. The van der Waals surface area contributed by atoms with Gasteiger partial charge in [-0.2, -0.15) is 0 Å². The van der Waals surface area contributed by atoms with E-state index in [0.29, 0.717) is 0 Å². The van der Waals surface area contributed by atoms with Gasteiger partial charge in [0.1, 0.15) is 5.75 Å². The van der Waals surface area contributed by atoms with E-state index in [2.05, 4.69) is 6.08 Å². The van der Waals surface area contributed by atoms with Crippen molar-refractivity contribution in [3.63, 3.8) is 0 Å². The van der Waals surface area contributed by atoms with E-state index in [9.17, 15) is 10.1 Å². The first-order chi connectivity index (χ1) is 8.72. The Bertz CT molecular complexity index is 512. The van der Waals surface area contributed by atoms with Gasteiger partial charge in [-0.05, 0) is 18.4 Å². The van der Waals surface area contributed by atoms with Crippen LogP contribution in [0.25, 0.3) is 0 Å². The normalized spacial score (nSPS) is 32.7. The van der Waals surface area contributed by atoms with Crippen LogP contribution in [0.4, 0.5) is 0 Å². The molecule has 0 saturated heterocycles. The van der Waals surface area contributed by atoms with Gasteiger partial charge in [0.25, 0.3) is 0 Å². The van der Waals surface area contributed by atoms with Crippen LogP contribution < -0.4 is 4.74 Å². The Hall–Kier alpha value is -1.84. The highest BCUT2D eigenvalue weighted by Crippen LogP contribution is 2.51. The molecule has 94 valence electrons. The fourth-order valence-corrected chi connectivity index (χ4v) is 3.44. The number of para-hydroxylation sites is 1. The molecule has 1 fully saturated rings. The highest BCUT2D eigenvalue weighted by Gasteiger charge is 2.53. The molecule has 2 aliphatic carbocycles. The van der Waals surface area contributed by atoms with E-state index < -0.39 is 6.04 Å². The molecule has 0 radical (unpaired) electrons. The van der Waals surface area contributed by atoms with Crippen molar-refractivity contribution in [1.82, 2.24) is 0 Å². The van der Waals surface area contributed by atoms with E-state index in [1.807, 2.05) is 30.3 Å². The van der Waals surface area contributed by atoms with E-state index >= 15 is 0 Å². The van der Waals surface area contributed by atoms with Crippen molar-refractivity contribution in [3.05, 3.63) is 52.1 Å². The molecule has 1 saturated carbocycles. The summed E-state index contributed by atoms with van der Waals surface area (Å²) in [5.41, 5.74) is 0.971. The Kier molecular flexibility index (Phi) is 2.58. The minimum atomic E-state index is -0.503. The van der Waals surface area contributed by atoms with Gasteiger partial charge < -0.3 is 4.74 Å². The zero-order chi connectivity index (χ0) is 12.7. The van der Waals surface area contributed by atoms with Crippen LogP contribution in [0.15, 0.2) is 36.4 Å². The van der Waals surface area contributed by atoms with Gasteiger partial charge in [0, 0.05) is 16.4 Å². The Morgan fingerprint density at radius 3 is 2.72 bits per heavy atom. The summed E-state index contributed by atoms with van der Waals surface area (Å²) in [6.45, 7) is 0. The van der Waals surface area contributed by atoms with Crippen molar-refractivity contribution in [2.45, 2.75) is 18.4 Å². The summed E-state index contributed by atoms with van der Waals surface area (Å²) < 4.78 is 5.35. The molecule has 1 aromatic rings. The summed E-state index contributed by atoms with van der Waals surface area (Å²) in [5.74, 6) is 1.07. The highest BCUT2D eigenvalue weighted by molar-refractivity contribution is 5.40. The maximum absolute atomic E-state index is 11.3. The van der Waals surface area contributed by atoms with Crippen molar-refractivity contribution in [2.75, 3.05) is 7.11 Å². The maximum atomic E-state index is 11.3. The molecule has 1 aromatic carbocycles. The highest BCUT2D eigenvalue weighted by atomic mass is 16.6. The first-order valence-electron chi connectivity index (χ1n) is 6.17. The molecule has 2 aliphatic rings. The van der Waals surface area contributed by atoms with Crippen LogP contribution >= 0.6 is 0 Å². The van der Waals surface area contributed by atoms with Crippen LogP contribution in [0.1, 0.15) is 17.9 Å². The van der Waals surface area contributed by atoms with Gasteiger partial charge in [-0.25, -0.2) is 0 Å². The lowest BCUT2D eigenvalue weighted by molar-refractivity contribution is -0.530. The van der Waals surface area contributed by atoms with Crippen LogP contribution in [0, 0.1) is 22.0 Å². The van der Waals surface area contributed by atoms with Gasteiger partial charge in [0.05, 0.1) is 13.0 Å². The second-order valence-electron chi connectivity index (χ2n) is 4.99. The fraction of sp³-hybridized carbons (Fsp3) is 0.429. The third-order valence-electron chi connectivity index (χ3n) is 4.16.